The minimum Gasteiger partial charge on any atom is -0.308 e. The van der Waals surface area contributed by atoms with E-state index in [0.29, 0.717) is 6.04 Å². The molecule has 0 amide bonds. The van der Waals surface area contributed by atoms with Crippen molar-refractivity contribution in [2.24, 2.45) is 0 Å². The molecule has 3 nitrogen and oxygen atoms in total. The van der Waals surface area contributed by atoms with E-state index in [1.165, 1.54) is 30.0 Å². The Morgan fingerprint density at radius 2 is 2.22 bits per heavy atom. The van der Waals surface area contributed by atoms with Crippen LogP contribution in [-0.2, 0) is 6.54 Å². The maximum atomic E-state index is 4.60. The van der Waals surface area contributed by atoms with Crippen LogP contribution >= 0.6 is 11.8 Å². The smallest absolute Gasteiger partial charge is 0.137 e. The van der Waals surface area contributed by atoms with Crippen molar-refractivity contribution in [2.75, 3.05) is 11.5 Å². The summed E-state index contributed by atoms with van der Waals surface area (Å²) in [5.74, 6) is 2.59. The topological polar surface area (TPSA) is 29.3 Å². The highest BCUT2D eigenvalue weighted by atomic mass is 32.2. The van der Waals surface area contributed by atoms with Crippen molar-refractivity contribution in [2.45, 2.75) is 32.4 Å². The van der Waals surface area contributed by atoms with Gasteiger partial charge in [0, 0.05) is 18.8 Å². The monoisotopic (exact) mass is 261 g/mol. The fourth-order valence-electron chi connectivity index (χ4n) is 2.52. The molecule has 0 radical (unpaired) electrons. The highest BCUT2D eigenvalue weighted by Crippen LogP contribution is 2.18. The van der Waals surface area contributed by atoms with Gasteiger partial charge in [-0.25, -0.2) is 4.98 Å². The lowest BCUT2D eigenvalue weighted by atomic mass is 10.1. The summed E-state index contributed by atoms with van der Waals surface area (Å²) in [5, 5.41) is 3.68. The van der Waals surface area contributed by atoms with Gasteiger partial charge in [0.15, 0.2) is 0 Å². The quantitative estimate of drug-likeness (QED) is 0.921. The summed E-state index contributed by atoms with van der Waals surface area (Å²) in [6, 6.07) is 6.85. The van der Waals surface area contributed by atoms with Crippen molar-refractivity contribution in [1.82, 2.24) is 14.7 Å². The molecular weight excluding hydrogens is 242 g/mol. The number of fused-ring (bicyclic) bond motifs is 1. The Morgan fingerprint density at radius 1 is 1.39 bits per heavy atom. The summed E-state index contributed by atoms with van der Waals surface area (Å²) in [5.41, 5.74) is 3.48. The summed E-state index contributed by atoms with van der Waals surface area (Å²) in [4.78, 5) is 4.60. The van der Waals surface area contributed by atoms with Gasteiger partial charge in [0.05, 0.1) is 11.4 Å². The number of nitrogens with one attached hydrogen (secondary N) is 1. The number of aromatic nitrogens is 2. The van der Waals surface area contributed by atoms with Crippen molar-refractivity contribution in [3.63, 3.8) is 0 Å². The Hall–Kier alpha value is -1.00. The van der Waals surface area contributed by atoms with Crippen LogP contribution in [0.1, 0.15) is 24.2 Å². The number of rotatable bonds is 3. The molecule has 0 saturated carbocycles. The number of pyridine rings is 1. The Kier molecular flexibility index (Phi) is 3.57. The normalized spacial score (nSPS) is 17.4. The zero-order valence-electron chi connectivity index (χ0n) is 10.7. The lowest BCUT2D eigenvalue weighted by Crippen LogP contribution is -2.32. The van der Waals surface area contributed by atoms with E-state index in [4.69, 9.17) is 0 Å². The third kappa shape index (κ3) is 2.40. The number of hydrogen-bond acceptors (Lipinski definition) is 3. The summed E-state index contributed by atoms with van der Waals surface area (Å²) in [6.45, 7) is 3.02. The number of hydrogen-bond donors (Lipinski definition) is 1. The molecule has 1 saturated heterocycles. The fourth-order valence-corrected chi connectivity index (χ4v) is 3.63. The molecule has 4 heteroatoms. The Balaban J connectivity index is 1.75. The van der Waals surface area contributed by atoms with E-state index in [1.807, 2.05) is 6.07 Å². The Morgan fingerprint density at radius 3 is 3.06 bits per heavy atom. The molecule has 0 atom stereocenters. The largest absolute Gasteiger partial charge is 0.308 e. The average molecular weight is 261 g/mol. The summed E-state index contributed by atoms with van der Waals surface area (Å²) in [6.07, 6.45) is 4.68. The van der Waals surface area contributed by atoms with Gasteiger partial charge in [-0.3, -0.25) is 0 Å². The molecule has 0 unspecified atom stereocenters. The van der Waals surface area contributed by atoms with Gasteiger partial charge in [-0.2, -0.15) is 11.8 Å². The van der Waals surface area contributed by atoms with E-state index >= 15 is 0 Å². The van der Waals surface area contributed by atoms with E-state index in [9.17, 15) is 0 Å². The van der Waals surface area contributed by atoms with Crippen molar-refractivity contribution in [3.05, 3.63) is 35.8 Å². The predicted molar refractivity (Wildman–Crippen MR) is 77.1 cm³/mol. The number of imidazole rings is 1. The number of aryl methyl sites for hydroxylation is 1. The van der Waals surface area contributed by atoms with Gasteiger partial charge in [-0.05, 0) is 43.4 Å². The molecule has 3 rings (SSSR count). The molecule has 96 valence electrons. The molecule has 1 aliphatic rings. The van der Waals surface area contributed by atoms with Crippen LogP contribution < -0.4 is 5.32 Å². The zero-order valence-corrected chi connectivity index (χ0v) is 11.5. The van der Waals surface area contributed by atoms with Crippen LogP contribution in [0.15, 0.2) is 24.4 Å². The Bertz CT molecular complexity index is 529. The number of nitrogens with zero attached hydrogens (tertiary/aromatic N) is 2. The van der Waals surface area contributed by atoms with Crippen LogP contribution in [0.5, 0.6) is 0 Å². The minimum absolute atomic E-state index is 0.680. The van der Waals surface area contributed by atoms with Crippen molar-refractivity contribution < 1.29 is 0 Å². The van der Waals surface area contributed by atoms with Crippen LogP contribution in [0.25, 0.3) is 5.65 Å². The fraction of sp³-hybridized carbons (Fsp3) is 0.500. The molecule has 0 spiro atoms. The molecule has 2 aromatic heterocycles. The molecule has 0 bridgehead atoms. The van der Waals surface area contributed by atoms with Crippen LogP contribution in [0, 0.1) is 6.92 Å². The molecule has 1 N–H and O–H groups in total. The first-order chi connectivity index (χ1) is 8.84. The van der Waals surface area contributed by atoms with Crippen molar-refractivity contribution >= 4 is 17.4 Å². The molecule has 18 heavy (non-hydrogen) atoms. The lowest BCUT2D eigenvalue weighted by Gasteiger charge is -2.22. The molecule has 1 aliphatic heterocycles. The van der Waals surface area contributed by atoms with Gasteiger partial charge >= 0.3 is 0 Å². The second-order valence-corrected chi connectivity index (χ2v) is 6.07. The van der Waals surface area contributed by atoms with Crippen LogP contribution in [-0.4, -0.2) is 26.9 Å². The van der Waals surface area contributed by atoms with Gasteiger partial charge in [-0.15, -0.1) is 0 Å². The van der Waals surface area contributed by atoms with Crippen LogP contribution in [0.4, 0.5) is 0 Å². The zero-order chi connectivity index (χ0) is 12.4. The SMILES string of the molecule is Cc1nc2ccccn2c1CNC1CCSCC1. The van der Waals surface area contributed by atoms with Gasteiger partial charge < -0.3 is 9.72 Å². The molecule has 2 aromatic rings. The average Bonchev–Trinajstić information content (AvgIpc) is 2.73. The van der Waals surface area contributed by atoms with E-state index in [2.05, 4.69) is 51.7 Å². The standard InChI is InChI=1S/C14H19N3S/c1-11-13(10-15-12-5-8-18-9-6-12)17-7-3-2-4-14(17)16-11/h2-4,7,12,15H,5-6,8-10H2,1H3. The summed E-state index contributed by atoms with van der Waals surface area (Å²) < 4.78 is 2.19. The van der Waals surface area contributed by atoms with E-state index in [1.54, 1.807) is 0 Å². The minimum atomic E-state index is 0.680. The van der Waals surface area contributed by atoms with E-state index in [0.717, 1.165) is 17.9 Å². The summed E-state index contributed by atoms with van der Waals surface area (Å²) >= 11 is 2.07. The van der Waals surface area contributed by atoms with Crippen LogP contribution in [0.3, 0.4) is 0 Å². The van der Waals surface area contributed by atoms with Crippen molar-refractivity contribution in [1.29, 1.82) is 0 Å². The molecule has 0 aromatic carbocycles. The maximum Gasteiger partial charge on any atom is 0.137 e. The first kappa shape index (κ1) is 12.1. The lowest BCUT2D eigenvalue weighted by molar-refractivity contribution is 0.477. The maximum absolute atomic E-state index is 4.60. The molecular formula is C14H19N3S. The van der Waals surface area contributed by atoms with Gasteiger partial charge in [0.2, 0.25) is 0 Å². The third-order valence-electron chi connectivity index (χ3n) is 3.61. The molecule has 3 heterocycles. The van der Waals surface area contributed by atoms with E-state index in [-0.39, 0.29) is 0 Å². The van der Waals surface area contributed by atoms with E-state index < -0.39 is 0 Å². The number of thioether (sulfide) groups is 1. The van der Waals surface area contributed by atoms with Crippen molar-refractivity contribution in [3.8, 4) is 0 Å². The highest BCUT2D eigenvalue weighted by Gasteiger charge is 2.14. The van der Waals surface area contributed by atoms with Gasteiger partial charge in [0.25, 0.3) is 0 Å². The van der Waals surface area contributed by atoms with Crippen LogP contribution in [0.2, 0.25) is 0 Å². The molecule has 0 aliphatic carbocycles. The van der Waals surface area contributed by atoms with Gasteiger partial charge in [-0.1, -0.05) is 6.07 Å². The predicted octanol–water partition coefficient (Wildman–Crippen LogP) is 2.63. The summed E-state index contributed by atoms with van der Waals surface area (Å²) in [7, 11) is 0. The van der Waals surface area contributed by atoms with Gasteiger partial charge in [0.1, 0.15) is 5.65 Å². The second kappa shape index (κ2) is 5.33. The highest BCUT2D eigenvalue weighted by molar-refractivity contribution is 7.99. The first-order valence-electron chi connectivity index (χ1n) is 6.58. The molecule has 1 fully saturated rings. The first-order valence-corrected chi connectivity index (χ1v) is 7.74. The second-order valence-electron chi connectivity index (χ2n) is 4.84. The Labute approximate surface area is 112 Å². The third-order valence-corrected chi connectivity index (χ3v) is 4.66.